The van der Waals surface area contributed by atoms with E-state index in [0.29, 0.717) is 11.1 Å². The normalized spacial score (nSPS) is 10.4. The van der Waals surface area contributed by atoms with Gasteiger partial charge in [0.15, 0.2) is 6.61 Å². The molecule has 6 heteroatoms. The van der Waals surface area contributed by atoms with Crippen LogP contribution in [0.1, 0.15) is 15.9 Å². The van der Waals surface area contributed by atoms with Crippen LogP contribution in [0.3, 0.4) is 0 Å². The molecule has 0 unspecified atom stereocenters. The third-order valence-corrected chi connectivity index (χ3v) is 4.12. The minimum atomic E-state index is -0.759. The lowest BCUT2D eigenvalue weighted by atomic mass is 10.1. The molecule has 0 aliphatic heterocycles. The quantitative estimate of drug-likeness (QED) is 0.656. The van der Waals surface area contributed by atoms with Crippen molar-refractivity contribution in [3.63, 3.8) is 0 Å². The maximum atomic E-state index is 12.2. The molecule has 0 heterocycles. The Morgan fingerprint density at radius 1 is 1.00 bits per heavy atom. The number of methoxy groups -OCH3 is 1. The number of aromatic hydroxyl groups is 1. The minimum Gasteiger partial charge on any atom is -0.506 e. The molecule has 0 aliphatic carbocycles. The van der Waals surface area contributed by atoms with E-state index < -0.39 is 18.5 Å². The highest BCUT2D eigenvalue weighted by Crippen LogP contribution is 2.28. The highest BCUT2D eigenvalue weighted by Gasteiger charge is 2.16. The van der Waals surface area contributed by atoms with E-state index >= 15 is 0 Å². The molecule has 0 aromatic heterocycles. The number of hydrogen-bond acceptors (Lipinski definition) is 5. The molecule has 0 aliphatic rings. The van der Waals surface area contributed by atoms with Crippen molar-refractivity contribution in [2.75, 3.05) is 13.7 Å². The number of carbonyl (C=O) groups excluding carboxylic acids is 2. The van der Waals surface area contributed by atoms with Crippen LogP contribution in [0.25, 0.3) is 10.8 Å². The number of ether oxygens (including phenoxy) is 2. The van der Waals surface area contributed by atoms with Crippen LogP contribution in [-0.4, -0.2) is 30.7 Å². The molecular weight excluding hydrogens is 346 g/mol. The molecular formula is C21H19NO5. The third-order valence-electron chi connectivity index (χ3n) is 4.12. The van der Waals surface area contributed by atoms with Gasteiger partial charge >= 0.3 is 5.97 Å². The Morgan fingerprint density at radius 2 is 1.74 bits per heavy atom. The van der Waals surface area contributed by atoms with Crippen LogP contribution >= 0.6 is 0 Å². The first kappa shape index (κ1) is 18.3. The lowest BCUT2D eigenvalue weighted by molar-refractivity contribution is -0.124. The second kappa shape index (κ2) is 8.23. The van der Waals surface area contributed by atoms with Crippen molar-refractivity contribution in [3.8, 4) is 11.5 Å². The predicted octanol–water partition coefficient (Wildman–Crippen LogP) is 3.03. The summed E-state index contributed by atoms with van der Waals surface area (Å²) < 4.78 is 10.2. The van der Waals surface area contributed by atoms with Gasteiger partial charge in [0.05, 0.1) is 7.11 Å². The molecule has 2 N–H and O–H groups in total. The Hall–Kier alpha value is -3.54. The van der Waals surface area contributed by atoms with Gasteiger partial charge in [-0.1, -0.05) is 48.5 Å². The summed E-state index contributed by atoms with van der Waals surface area (Å²) in [5, 5.41) is 14.3. The van der Waals surface area contributed by atoms with Gasteiger partial charge in [0.1, 0.15) is 17.1 Å². The van der Waals surface area contributed by atoms with Crippen LogP contribution in [0.2, 0.25) is 0 Å². The second-order valence-corrected chi connectivity index (χ2v) is 5.85. The molecule has 3 rings (SSSR count). The zero-order valence-corrected chi connectivity index (χ0v) is 14.8. The third kappa shape index (κ3) is 4.17. The van der Waals surface area contributed by atoms with Crippen molar-refractivity contribution in [2.24, 2.45) is 0 Å². The van der Waals surface area contributed by atoms with Crippen molar-refractivity contribution < 1.29 is 24.2 Å². The van der Waals surface area contributed by atoms with Gasteiger partial charge in [-0.15, -0.1) is 0 Å². The number of benzene rings is 3. The molecule has 0 saturated carbocycles. The van der Waals surface area contributed by atoms with Crippen LogP contribution in [0.5, 0.6) is 11.5 Å². The van der Waals surface area contributed by atoms with Crippen LogP contribution in [0, 0.1) is 0 Å². The Balaban J connectivity index is 1.59. The number of phenolic OH excluding ortho intramolecular Hbond substituents is 1. The number of rotatable bonds is 6. The summed E-state index contributed by atoms with van der Waals surface area (Å²) in [5.41, 5.74) is 0.832. The molecule has 1 amide bonds. The summed E-state index contributed by atoms with van der Waals surface area (Å²) in [4.78, 5) is 24.2. The smallest absolute Gasteiger partial charge is 0.342 e. The molecule has 0 saturated heterocycles. The maximum Gasteiger partial charge on any atom is 0.342 e. The molecule has 0 bridgehead atoms. The van der Waals surface area contributed by atoms with Gasteiger partial charge in [0, 0.05) is 17.5 Å². The van der Waals surface area contributed by atoms with Crippen molar-refractivity contribution >= 4 is 22.6 Å². The zero-order valence-electron chi connectivity index (χ0n) is 14.8. The average Bonchev–Trinajstić information content (AvgIpc) is 2.71. The first-order valence-electron chi connectivity index (χ1n) is 8.36. The molecule has 0 spiro atoms. The Morgan fingerprint density at radius 3 is 2.56 bits per heavy atom. The Kier molecular flexibility index (Phi) is 5.56. The fourth-order valence-electron chi connectivity index (χ4n) is 2.72. The van der Waals surface area contributed by atoms with Gasteiger partial charge in [-0.2, -0.15) is 0 Å². The Bertz CT molecular complexity index is 983. The monoisotopic (exact) mass is 365 g/mol. The zero-order chi connectivity index (χ0) is 19.2. The minimum absolute atomic E-state index is 0.0197. The Labute approximate surface area is 156 Å². The van der Waals surface area contributed by atoms with Crippen molar-refractivity contribution in [1.29, 1.82) is 0 Å². The first-order valence-corrected chi connectivity index (χ1v) is 8.36. The van der Waals surface area contributed by atoms with Crippen LogP contribution in [-0.2, 0) is 16.1 Å². The van der Waals surface area contributed by atoms with Gasteiger partial charge in [0.2, 0.25) is 0 Å². The van der Waals surface area contributed by atoms with Crippen molar-refractivity contribution in [3.05, 3.63) is 71.8 Å². The van der Waals surface area contributed by atoms with E-state index in [9.17, 15) is 14.7 Å². The second-order valence-electron chi connectivity index (χ2n) is 5.85. The molecule has 0 radical (unpaired) electrons. The van der Waals surface area contributed by atoms with Gasteiger partial charge in [-0.25, -0.2) is 4.79 Å². The van der Waals surface area contributed by atoms with E-state index in [1.54, 1.807) is 31.4 Å². The SMILES string of the molecule is COc1ccccc1CNC(=O)COC(=O)c1ccc2ccccc2c1O. The number of fused-ring (bicyclic) bond motifs is 1. The number of carbonyl (C=O) groups is 2. The first-order chi connectivity index (χ1) is 13.1. The summed E-state index contributed by atoms with van der Waals surface area (Å²) in [6, 6.07) is 17.6. The van der Waals surface area contributed by atoms with E-state index in [4.69, 9.17) is 9.47 Å². The molecule has 0 fully saturated rings. The predicted molar refractivity (Wildman–Crippen MR) is 101 cm³/mol. The summed E-state index contributed by atoms with van der Waals surface area (Å²) in [7, 11) is 1.55. The number of phenols is 1. The highest BCUT2D eigenvalue weighted by molar-refractivity contribution is 6.01. The molecule has 3 aromatic carbocycles. The molecule has 27 heavy (non-hydrogen) atoms. The van der Waals surface area contributed by atoms with E-state index in [0.717, 1.165) is 10.9 Å². The van der Waals surface area contributed by atoms with Crippen molar-refractivity contribution in [2.45, 2.75) is 6.54 Å². The van der Waals surface area contributed by atoms with Crippen molar-refractivity contribution in [1.82, 2.24) is 5.32 Å². The van der Waals surface area contributed by atoms with Gasteiger partial charge in [0.25, 0.3) is 5.91 Å². The lowest BCUT2D eigenvalue weighted by Crippen LogP contribution is -2.28. The fourth-order valence-corrected chi connectivity index (χ4v) is 2.72. The van der Waals surface area contributed by atoms with Gasteiger partial charge in [-0.05, 0) is 17.5 Å². The maximum absolute atomic E-state index is 12.2. The summed E-state index contributed by atoms with van der Waals surface area (Å²) in [5.74, 6) is -0.705. The number of hydrogen-bond donors (Lipinski definition) is 2. The summed E-state index contributed by atoms with van der Waals surface area (Å²) in [6.45, 7) is -0.193. The summed E-state index contributed by atoms with van der Waals surface area (Å²) in [6.07, 6.45) is 0. The van der Waals surface area contributed by atoms with E-state index in [-0.39, 0.29) is 17.9 Å². The molecule has 138 valence electrons. The van der Waals surface area contributed by atoms with E-state index in [1.165, 1.54) is 6.07 Å². The molecule has 3 aromatic rings. The van der Waals surface area contributed by atoms with Crippen LogP contribution < -0.4 is 10.1 Å². The van der Waals surface area contributed by atoms with Crippen LogP contribution in [0.15, 0.2) is 60.7 Å². The number of para-hydroxylation sites is 1. The van der Waals surface area contributed by atoms with E-state index in [1.807, 2.05) is 30.3 Å². The topological polar surface area (TPSA) is 84.9 Å². The van der Waals surface area contributed by atoms with Gasteiger partial charge in [-0.3, -0.25) is 4.79 Å². The largest absolute Gasteiger partial charge is 0.506 e. The highest BCUT2D eigenvalue weighted by atomic mass is 16.5. The number of esters is 1. The number of nitrogens with one attached hydrogen (secondary N) is 1. The standard InChI is InChI=1S/C21H19NO5/c1-26-18-9-5-3-7-15(18)12-22-19(23)13-27-21(25)17-11-10-14-6-2-4-8-16(14)20(17)24/h2-11,24H,12-13H2,1H3,(H,22,23). The number of amides is 1. The van der Waals surface area contributed by atoms with Crippen LogP contribution in [0.4, 0.5) is 0 Å². The molecule has 0 atom stereocenters. The average molecular weight is 365 g/mol. The van der Waals surface area contributed by atoms with E-state index in [2.05, 4.69) is 5.32 Å². The molecule has 6 nitrogen and oxygen atoms in total. The van der Waals surface area contributed by atoms with Gasteiger partial charge < -0.3 is 19.9 Å². The summed E-state index contributed by atoms with van der Waals surface area (Å²) >= 11 is 0. The fraction of sp³-hybridized carbons (Fsp3) is 0.143. The lowest BCUT2D eigenvalue weighted by Gasteiger charge is -2.10.